The van der Waals surface area contributed by atoms with Crippen molar-refractivity contribution >= 4 is 24.1 Å². The fourth-order valence-corrected chi connectivity index (χ4v) is 2.10. The molecule has 2 aromatic heterocycles. The predicted octanol–water partition coefficient (Wildman–Crippen LogP) is 1.93. The second-order valence-corrected chi connectivity index (χ2v) is 7.24. The third kappa shape index (κ3) is 16.0. The molecule has 2 heterocycles. The van der Waals surface area contributed by atoms with E-state index in [9.17, 15) is 9.59 Å². The number of aromatic amines is 2. The van der Waals surface area contributed by atoms with E-state index in [0.717, 1.165) is 24.0 Å². The van der Waals surface area contributed by atoms with Gasteiger partial charge in [0.2, 0.25) is 11.1 Å². The molecular weight excluding hydrogens is 440 g/mol. The minimum atomic E-state index is -1.82. The molecule has 2 unspecified atom stereocenters. The normalized spacial score (nSPS) is 12.2. The number of carboxylic acids is 2. The van der Waals surface area contributed by atoms with E-state index in [0.29, 0.717) is 12.1 Å². The molecule has 10 nitrogen and oxygen atoms in total. The predicted molar refractivity (Wildman–Crippen MR) is 134 cm³/mol. The number of rotatable bonds is 8. The van der Waals surface area contributed by atoms with Crippen LogP contribution in [0.1, 0.15) is 37.8 Å². The van der Waals surface area contributed by atoms with Gasteiger partial charge in [0.15, 0.2) is 0 Å². The number of aromatic nitrogens is 2. The van der Waals surface area contributed by atoms with E-state index in [1.165, 1.54) is 12.1 Å². The van der Waals surface area contributed by atoms with E-state index in [-0.39, 0.29) is 11.1 Å². The molecule has 0 amide bonds. The van der Waals surface area contributed by atoms with Crippen LogP contribution in [0, 0.1) is 0 Å². The summed E-state index contributed by atoms with van der Waals surface area (Å²) in [5, 5.41) is 21.1. The Hall–Kier alpha value is -3.76. The fraction of sp³-hybridized carbons (Fsp3) is 0.333. The smallest absolute Gasteiger partial charge is 0.414 e. The first-order valence-corrected chi connectivity index (χ1v) is 10.6. The summed E-state index contributed by atoms with van der Waals surface area (Å²) in [6.07, 6.45) is 13.6. The third-order valence-corrected chi connectivity index (χ3v) is 4.38. The number of carbonyl (C=O) groups is 2. The van der Waals surface area contributed by atoms with Crippen LogP contribution in [-0.2, 0) is 9.59 Å². The largest absolute Gasteiger partial charge is 0.473 e. The third-order valence-electron chi connectivity index (χ3n) is 4.38. The van der Waals surface area contributed by atoms with Crippen molar-refractivity contribution in [1.82, 2.24) is 20.6 Å². The van der Waals surface area contributed by atoms with Gasteiger partial charge in [0, 0.05) is 36.6 Å². The summed E-state index contributed by atoms with van der Waals surface area (Å²) in [5.41, 5.74) is 1.91. The molecular formula is C24H34N4O6. The minimum Gasteiger partial charge on any atom is -0.473 e. The van der Waals surface area contributed by atoms with Crippen molar-refractivity contribution < 1.29 is 19.8 Å². The highest BCUT2D eigenvalue weighted by atomic mass is 16.4. The molecule has 0 saturated heterocycles. The van der Waals surface area contributed by atoms with Gasteiger partial charge in [0.1, 0.15) is 0 Å². The van der Waals surface area contributed by atoms with E-state index in [4.69, 9.17) is 19.8 Å². The molecule has 10 heteroatoms. The van der Waals surface area contributed by atoms with Crippen molar-refractivity contribution in [2.75, 3.05) is 14.1 Å². The van der Waals surface area contributed by atoms with E-state index in [1.807, 2.05) is 26.2 Å². The molecule has 0 spiro atoms. The molecule has 0 saturated carbocycles. The molecule has 0 aliphatic heterocycles. The van der Waals surface area contributed by atoms with E-state index in [1.54, 1.807) is 24.5 Å². The number of H-pyrrole nitrogens is 2. The molecule has 34 heavy (non-hydrogen) atoms. The van der Waals surface area contributed by atoms with Crippen LogP contribution in [0.3, 0.4) is 0 Å². The van der Waals surface area contributed by atoms with Gasteiger partial charge in [-0.15, -0.1) is 0 Å². The van der Waals surface area contributed by atoms with Gasteiger partial charge in [-0.25, -0.2) is 9.59 Å². The Kier molecular flexibility index (Phi) is 15.8. The Balaban J connectivity index is 0.000000521. The number of nitrogens with one attached hydrogen (secondary N) is 4. The number of aliphatic carboxylic acids is 2. The molecule has 0 aromatic carbocycles. The van der Waals surface area contributed by atoms with E-state index in [2.05, 4.69) is 46.6 Å². The van der Waals surface area contributed by atoms with Gasteiger partial charge < -0.3 is 30.8 Å². The van der Waals surface area contributed by atoms with E-state index < -0.39 is 11.9 Å². The molecule has 0 fully saturated rings. The summed E-state index contributed by atoms with van der Waals surface area (Å²) in [5.74, 6) is -3.65. The number of carboxylic acid groups (broad SMARTS) is 2. The highest BCUT2D eigenvalue weighted by molar-refractivity contribution is 6.27. The molecule has 6 N–H and O–H groups in total. The van der Waals surface area contributed by atoms with Gasteiger partial charge >= 0.3 is 11.9 Å². The zero-order valence-electron chi connectivity index (χ0n) is 19.9. The van der Waals surface area contributed by atoms with Crippen LogP contribution in [0.25, 0.3) is 12.2 Å². The van der Waals surface area contributed by atoms with Crippen LogP contribution in [0.2, 0.25) is 0 Å². The molecule has 2 rings (SSSR count). The lowest BCUT2D eigenvalue weighted by Crippen LogP contribution is -2.19. The second-order valence-electron chi connectivity index (χ2n) is 7.24. The summed E-state index contributed by atoms with van der Waals surface area (Å²) in [4.78, 5) is 45.0. The molecule has 0 bridgehead atoms. The van der Waals surface area contributed by atoms with Gasteiger partial charge in [0.25, 0.3) is 0 Å². The first kappa shape index (κ1) is 30.2. The topological polar surface area (TPSA) is 164 Å². The first-order chi connectivity index (χ1) is 16.1. The Labute approximate surface area is 198 Å². The van der Waals surface area contributed by atoms with Gasteiger partial charge in [-0.1, -0.05) is 24.3 Å². The lowest BCUT2D eigenvalue weighted by molar-refractivity contribution is -0.159. The highest BCUT2D eigenvalue weighted by Gasteiger charge is 2.04. The van der Waals surface area contributed by atoms with Gasteiger partial charge in [-0.05, 0) is 64.0 Å². The van der Waals surface area contributed by atoms with Crippen molar-refractivity contribution in [3.05, 3.63) is 80.6 Å². The van der Waals surface area contributed by atoms with E-state index >= 15 is 0 Å². The minimum absolute atomic E-state index is 0.0641. The maximum Gasteiger partial charge on any atom is 0.414 e. The van der Waals surface area contributed by atoms with Crippen LogP contribution < -0.4 is 21.8 Å². The standard InChI is InChI=1S/2C11H16N2O.C2H2O4/c2*1-9(12-2)4-3-5-10-6-7-11(14)13-8-10;3-1(4)2(5)6/h2*3,5-9,12H,4H2,1-2H3,(H,13,14);(H,3,4)(H,5,6). The Morgan fingerprint density at radius 1 is 0.794 bits per heavy atom. The van der Waals surface area contributed by atoms with Crippen LogP contribution in [0.5, 0.6) is 0 Å². The summed E-state index contributed by atoms with van der Waals surface area (Å²) in [7, 11) is 3.89. The van der Waals surface area contributed by atoms with Crippen molar-refractivity contribution in [2.45, 2.75) is 38.8 Å². The molecule has 0 aliphatic carbocycles. The Bertz CT molecular complexity index is 918. The molecule has 2 aromatic rings. The van der Waals surface area contributed by atoms with Crippen molar-refractivity contribution in [2.24, 2.45) is 0 Å². The molecule has 0 aliphatic rings. The maximum absolute atomic E-state index is 10.8. The van der Waals surface area contributed by atoms with Crippen molar-refractivity contribution in [3.63, 3.8) is 0 Å². The molecule has 0 radical (unpaired) electrons. The van der Waals surface area contributed by atoms with Gasteiger partial charge in [0.05, 0.1) is 0 Å². The lowest BCUT2D eigenvalue weighted by atomic mass is 10.2. The maximum atomic E-state index is 10.8. The molecule has 2 atom stereocenters. The average molecular weight is 475 g/mol. The van der Waals surface area contributed by atoms with Crippen LogP contribution in [-0.4, -0.2) is 58.3 Å². The summed E-state index contributed by atoms with van der Waals surface area (Å²) >= 11 is 0. The monoisotopic (exact) mass is 474 g/mol. The summed E-state index contributed by atoms with van der Waals surface area (Å²) < 4.78 is 0. The Morgan fingerprint density at radius 2 is 1.15 bits per heavy atom. The summed E-state index contributed by atoms with van der Waals surface area (Å²) in [6, 6.07) is 7.63. The first-order valence-electron chi connectivity index (χ1n) is 10.6. The number of pyridine rings is 2. The zero-order chi connectivity index (χ0) is 25.9. The zero-order valence-corrected chi connectivity index (χ0v) is 19.9. The molecule has 186 valence electrons. The van der Waals surface area contributed by atoms with Gasteiger partial charge in [-0.3, -0.25) is 9.59 Å². The number of hydrogen-bond acceptors (Lipinski definition) is 6. The average Bonchev–Trinajstić information content (AvgIpc) is 2.82. The van der Waals surface area contributed by atoms with Crippen LogP contribution in [0.4, 0.5) is 0 Å². The SMILES string of the molecule is CNC(C)CC=Cc1ccc(=O)[nH]c1.CNC(C)CC=Cc1ccc(=O)[nH]c1.O=C(O)C(=O)O. The van der Waals surface area contributed by atoms with Crippen molar-refractivity contribution in [1.29, 1.82) is 0 Å². The van der Waals surface area contributed by atoms with Crippen molar-refractivity contribution in [3.8, 4) is 0 Å². The second kappa shape index (κ2) is 17.8. The van der Waals surface area contributed by atoms with Crippen LogP contribution >= 0.6 is 0 Å². The van der Waals surface area contributed by atoms with Crippen LogP contribution in [0.15, 0.2) is 58.4 Å². The summed E-state index contributed by atoms with van der Waals surface area (Å²) in [6.45, 7) is 4.24. The quantitative estimate of drug-likeness (QED) is 0.316. The number of hydrogen-bond donors (Lipinski definition) is 6. The highest BCUT2D eigenvalue weighted by Crippen LogP contribution is 2.00. The fourth-order valence-electron chi connectivity index (χ4n) is 2.10. The Morgan fingerprint density at radius 3 is 1.38 bits per heavy atom. The van der Waals surface area contributed by atoms with Gasteiger partial charge in [-0.2, -0.15) is 0 Å². The lowest BCUT2D eigenvalue weighted by Gasteiger charge is -2.04.